The number of rotatable bonds is 8. The molecule has 0 aliphatic carbocycles. The standard InChI is InChI=1S/C16H27NO2S/c1-13(2)9-10-16(3,18)12-17-11-14-5-7-15(8-6-14)20(4)19/h5-8,13,17-18H,9-12H2,1-4H3. The number of benzene rings is 1. The van der Waals surface area contributed by atoms with E-state index < -0.39 is 16.4 Å². The van der Waals surface area contributed by atoms with Gasteiger partial charge in [-0.2, -0.15) is 0 Å². The van der Waals surface area contributed by atoms with Crippen molar-refractivity contribution in [2.75, 3.05) is 12.8 Å². The van der Waals surface area contributed by atoms with Gasteiger partial charge in [0, 0.05) is 35.0 Å². The minimum atomic E-state index is -0.925. The maximum Gasteiger partial charge on any atom is 0.0743 e. The second-order valence-corrected chi connectivity index (χ2v) is 7.51. The van der Waals surface area contributed by atoms with E-state index >= 15 is 0 Å². The van der Waals surface area contributed by atoms with Crippen molar-refractivity contribution >= 4 is 10.8 Å². The molecule has 2 N–H and O–H groups in total. The second-order valence-electron chi connectivity index (χ2n) is 6.13. The molecule has 0 spiro atoms. The molecule has 2 unspecified atom stereocenters. The number of aliphatic hydroxyl groups is 1. The van der Waals surface area contributed by atoms with Crippen LogP contribution in [0.15, 0.2) is 29.2 Å². The van der Waals surface area contributed by atoms with Crippen molar-refractivity contribution in [3.63, 3.8) is 0 Å². The molecule has 0 aliphatic rings. The first-order valence-corrected chi connectivity index (χ1v) is 8.71. The summed E-state index contributed by atoms with van der Waals surface area (Å²) in [5.41, 5.74) is 0.480. The highest BCUT2D eigenvalue weighted by atomic mass is 32.2. The molecule has 1 aromatic carbocycles. The molecule has 0 fully saturated rings. The molecule has 0 amide bonds. The average molecular weight is 297 g/mol. The molecule has 0 saturated heterocycles. The summed E-state index contributed by atoms with van der Waals surface area (Å²) in [6.45, 7) is 7.52. The van der Waals surface area contributed by atoms with Crippen molar-refractivity contribution in [1.82, 2.24) is 5.32 Å². The number of nitrogens with one attached hydrogen (secondary N) is 1. The third-order valence-electron chi connectivity index (χ3n) is 3.35. The first-order valence-electron chi connectivity index (χ1n) is 7.15. The molecule has 1 rings (SSSR count). The van der Waals surface area contributed by atoms with Crippen LogP contribution < -0.4 is 5.32 Å². The Hall–Kier alpha value is -0.710. The highest BCUT2D eigenvalue weighted by molar-refractivity contribution is 7.84. The van der Waals surface area contributed by atoms with Gasteiger partial charge < -0.3 is 10.4 Å². The predicted molar refractivity (Wildman–Crippen MR) is 85.2 cm³/mol. The lowest BCUT2D eigenvalue weighted by molar-refractivity contribution is 0.0451. The van der Waals surface area contributed by atoms with E-state index in [1.807, 2.05) is 31.2 Å². The lowest BCUT2D eigenvalue weighted by Gasteiger charge is -2.24. The van der Waals surface area contributed by atoms with Gasteiger partial charge in [0.1, 0.15) is 0 Å². The number of hydrogen-bond donors (Lipinski definition) is 2. The van der Waals surface area contributed by atoms with Crippen LogP contribution in [-0.2, 0) is 17.3 Å². The normalized spacial score (nSPS) is 16.1. The molecule has 3 nitrogen and oxygen atoms in total. The quantitative estimate of drug-likeness (QED) is 0.775. The molecule has 114 valence electrons. The van der Waals surface area contributed by atoms with Crippen LogP contribution in [0.2, 0.25) is 0 Å². The molecule has 0 radical (unpaired) electrons. The summed E-state index contributed by atoms with van der Waals surface area (Å²) in [6, 6.07) is 7.74. The van der Waals surface area contributed by atoms with Crippen LogP contribution in [0.5, 0.6) is 0 Å². The maximum atomic E-state index is 11.3. The lowest BCUT2D eigenvalue weighted by atomic mass is 9.95. The maximum absolute atomic E-state index is 11.3. The van der Waals surface area contributed by atoms with Crippen LogP contribution >= 0.6 is 0 Å². The Morgan fingerprint density at radius 3 is 2.40 bits per heavy atom. The van der Waals surface area contributed by atoms with Gasteiger partial charge in [-0.15, -0.1) is 0 Å². The van der Waals surface area contributed by atoms with Gasteiger partial charge in [-0.25, -0.2) is 0 Å². The topological polar surface area (TPSA) is 49.3 Å². The highest BCUT2D eigenvalue weighted by Gasteiger charge is 2.19. The number of hydrogen-bond acceptors (Lipinski definition) is 3. The second kappa shape index (κ2) is 7.91. The summed E-state index contributed by atoms with van der Waals surface area (Å²) in [5, 5.41) is 13.5. The van der Waals surface area contributed by atoms with Gasteiger partial charge in [0.05, 0.1) is 5.60 Å². The molecule has 2 atom stereocenters. The summed E-state index contributed by atoms with van der Waals surface area (Å²) in [7, 11) is -0.925. The van der Waals surface area contributed by atoms with E-state index in [1.54, 1.807) is 6.26 Å². The van der Waals surface area contributed by atoms with E-state index in [0.29, 0.717) is 19.0 Å². The molecule has 0 aliphatic heterocycles. The molecule has 4 heteroatoms. The first kappa shape index (κ1) is 17.3. The Morgan fingerprint density at radius 1 is 1.30 bits per heavy atom. The van der Waals surface area contributed by atoms with Crippen LogP contribution in [0.3, 0.4) is 0 Å². The average Bonchev–Trinajstić information content (AvgIpc) is 2.37. The van der Waals surface area contributed by atoms with Crippen molar-refractivity contribution in [3.8, 4) is 0 Å². The molecule has 1 aromatic rings. The zero-order valence-corrected chi connectivity index (χ0v) is 13.8. The van der Waals surface area contributed by atoms with Gasteiger partial charge >= 0.3 is 0 Å². The summed E-state index contributed by atoms with van der Waals surface area (Å²) in [6.07, 6.45) is 3.52. The van der Waals surface area contributed by atoms with Crippen LogP contribution in [-0.4, -0.2) is 27.7 Å². The lowest BCUT2D eigenvalue weighted by Crippen LogP contribution is -2.37. The molecule has 0 aromatic heterocycles. The SMILES string of the molecule is CC(C)CCC(C)(O)CNCc1ccc(S(C)=O)cc1. The third kappa shape index (κ3) is 6.64. The van der Waals surface area contributed by atoms with Crippen molar-refractivity contribution in [2.24, 2.45) is 5.92 Å². The van der Waals surface area contributed by atoms with Crippen LogP contribution in [0.25, 0.3) is 0 Å². The predicted octanol–water partition coefficient (Wildman–Crippen LogP) is 2.70. The summed E-state index contributed by atoms with van der Waals surface area (Å²) < 4.78 is 11.3. The molecule has 0 bridgehead atoms. The van der Waals surface area contributed by atoms with Crippen molar-refractivity contribution in [1.29, 1.82) is 0 Å². The zero-order valence-electron chi connectivity index (χ0n) is 13.0. The Kier molecular flexibility index (Phi) is 6.86. The molecular weight excluding hydrogens is 270 g/mol. The Bertz CT molecular complexity index is 427. The Morgan fingerprint density at radius 2 is 1.90 bits per heavy atom. The molecule has 20 heavy (non-hydrogen) atoms. The highest BCUT2D eigenvalue weighted by Crippen LogP contribution is 2.15. The fourth-order valence-electron chi connectivity index (χ4n) is 1.96. The van der Waals surface area contributed by atoms with Gasteiger partial charge in [-0.05, 0) is 43.4 Å². The van der Waals surface area contributed by atoms with E-state index in [-0.39, 0.29) is 0 Å². The van der Waals surface area contributed by atoms with Crippen LogP contribution in [0.1, 0.15) is 39.2 Å². The van der Waals surface area contributed by atoms with Gasteiger partial charge in [0.2, 0.25) is 0 Å². The van der Waals surface area contributed by atoms with E-state index in [2.05, 4.69) is 19.2 Å². The molecule has 0 saturated carbocycles. The van der Waals surface area contributed by atoms with Crippen LogP contribution in [0, 0.1) is 5.92 Å². The van der Waals surface area contributed by atoms with E-state index in [1.165, 1.54) is 0 Å². The minimum Gasteiger partial charge on any atom is -0.389 e. The molecular formula is C16H27NO2S. The van der Waals surface area contributed by atoms with Crippen molar-refractivity contribution in [2.45, 2.75) is 50.7 Å². The van der Waals surface area contributed by atoms with E-state index in [0.717, 1.165) is 23.3 Å². The Balaban J connectivity index is 2.38. The van der Waals surface area contributed by atoms with Crippen molar-refractivity contribution in [3.05, 3.63) is 29.8 Å². The van der Waals surface area contributed by atoms with Crippen molar-refractivity contribution < 1.29 is 9.32 Å². The van der Waals surface area contributed by atoms with E-state index in [4.69, 9.17) is 0 Å². The fraction of sp³-hybridized carbons (Fsp3) is 0.625. The summed E-state index contributed by atoms with van der Waals surface area (Å²) in [5.74, 6) is 0.615. The summed E-state index contributed by atoms with van der Waals surface area (Å²) in [4.78, 5) is 0.845. The van der Waals surface area contributed by atoms with Crippen LogP contribution in [0.4, 0.5) is 0 Å². The first-order chi connectivity index (χ1) is 9.30. The minimum absolute atomic E-state index is 0.585. The fourth-order valence-corrected chi connectivity index (χ4v) is 2.48. The van der Waals surface area contributed by atoms with Gasteiger partial charge in [0.25, 0.3) is 0 Å². The Labute approximate surface area is 125 Å². The van der Waals surface area contributed by atoms with Gasteiger partial charge in [-0.3, -0.25) is 4.21 Å². The third-order valence-corrected chi connectivity index (χ3v) is 4.29. The van der Waals surface area contributed by atoms with Gasteiger partial charge in [-0.1, -0.05) is 26.0 Å². The van der Waals surface area contributed by atoms with E-state index in [9.17, 15) is 9.32 Å². The summed E-state index contributed by atoms with van der Waals surface area (Å²) >= 11 is 0. The van der Waals surface area contributed by atoms with Gasteiger partial charge in [0.15, 0.2) is 0 Å². The monoisotopic (exact) mass is 297 g/mol. The zero-order chi connectivity index (χ0) is 15.2. The molecule has 0 heterocycles. The smallest absolute Gasteiger partial charge is 0.0743 e. The largest absolute Gasteiger partial charge is 0.389 e.